The van der Waals surface area contributed by atoms with Crippen molar-refractivity contribution < 1.29 is 29.3 Å². The van der Waals surface area contributed by atoms with Crippen LogP contribution < -0.4 is 0 Å². The van der Waals surface area contributed by atoms with E-state index in [0.717, 1.165) is 38.0 Å². The zero-order chi connectivity index (χ0) is 33.9. The highest BCUT2D eigenvalue weighted by molar-refractivity contribution is 5.69. The molecule has 3 atom stereocenters. The van der Waals surface area contributed by atoms with Gasteiger partial charge in [0.2, 0.25) is 0 Å². The van der Waals surface area contributed by atoms with Gasteiger partial charge in [-0.1, -0.05) is 153 Å². The molecule has 0 rings (SSSR count). The predicted molar refractivity (Wildman–Crippen MR) is 193 cm³/mol. The Bertz CT molecular complexity index is 815. The molecular weight excluding hydrogens is 576 g/mol. The zero-order valence-corrected chi connectivity index (χ0v) is 29.8. The molecule has 0 saturated carbocycles. The number of ether oxygens (including phenoxy) is 2. The Morgan fingerprint density at radius 2 is 1.20 bits per heavy atom. The maximum absolute atomic E-state index is 11.9. The largest absolute Gasteiger partial charge is 0.463 e. The summed E-state index contributed by atoms with van der Waals surface area (Å²) in [4.78, 5) is 23.9. The van der Waals surface area contributed by atoms with Gasteiger partial charge in [0.05, 0.1) is 6.10 Å². The van der Waals surface area contributed by atoms with Crippen LogP contribution in [0.3, 0.4) is 0 Å². The van der Waals surface area contributed by atoms with Gasteiger partial charge in [-0.2, -0.15) is 0 Å². The number of rotatable bonds is 32. The highest BCUT2D eigenvalue weighted by Crippen LogP contribution is 2.15. The number of carbonyl (C=O) groups excluding carboxylic acids is 2. The van der Waals surface area contributed by atoms with Crippen LogP contribution >= 0.6 is 0 Å². The number of hydrogen-bond acceptors (Lipinski definition) is 6. The van der Waals surface area contributed by atoms with Crippen LogP contribution in [0.1, 0.15) is 162 Å². The third kappa shape index (κ3) is 33.2. The van der Waals surface area contributed by atoms with Crippen molar-refractivity contribution in [3.05, 3.63) is 48.6 Å². The highest BCUT2D eigenvalue weighted by atomic mass is 16.6. The van der Waals surface area contributed by atoms with E-state index in [4.69, 9.17) is 9.47 Å². The second kappa shape index (κ2) is 34.2. The first-order valence-electron chi connectivity index (χ1n) is 18.7. The molecule has 2 N–H and O–H groups in total. The lowest BCUT2D eigenvalue weighted by Crippen LogP contribution is -2.25. The van der Waals surface area contributed by atoms with E-state index in [2.05, 4.69) is 39.0 Å². The van der Waals surface area contributed by atoms with E-state index in [1.54, 1.807) is 6.08 Å². The van der Waals surface area contributed by atoms with Gasteiger partial charge in [0.25, 0.3) is 0 Å². The minimum atomic E-state index is -1.01. The quantitative estimate of drug-likeness (QED) is 0.0327. The molecule has 266 valence electrons. The van der Waals surface area contributed by atoms with Gasteiger partial charge in [0, 0.05) is 12.8 Å². The smallest absolute Gasteiger partial charge is 0.305 e. The first-order valence-corrected chi connectivity index (χ1v) is 18.7. The first kappa shape index (κ1) is 43.8. The topological polar surface area (TPSA) is 93.1 Å². The predicted octanol–water partition coefficient (Wildman–Crippen LogP) is 10.3. The Labute approximate surface area is 282 Å². The molecule has 0 aromatic carbocycles. The van der Waals surface area contributed by atoms with Gasteiger partial charge in [-0.25, -0.2) is 0 Å². The van der Waals surface area contributed by atoms with Crippen molar-refractivity contribution in [3.63, 3.8) is 0 Å². The molecule has 0 aromatic rings. The fraction of sp³-hybridized carbons (Fsp3) is 0.750. The second-order valence-electron chi connectivity index (χ2n) is 12.8. The van der Waals surface area contributed by atoms with Gasteiger partial charge < -0.3 is 19.7 Å². The van der Waals surface area contributed by atoms with E-state index in [1.807, 2.05) is 24.3 Å². The zero-order valence-electron chi connectivity index (χ0n) is 29.8. The highest BCUT2D eigenvalue weighted by Gasteiger charge is 2.12. The van der Waals surface area contributed by atoms with Crippen LogP contribution in [0.4, 0.5) is 0 Å². The van der Waals surface area contributed by atoms with Crippen LogP contribution in [-0.4, -0.2) is 47.6 Å². The molecule has 0 radical (unpaired) electrons. The van der Waals surface area contributed by atoms with Crippen molar-refractivity contribution >= 4 is 11.9 Å². The SMILES string of the molecule is CCCCC/C=C\C/C=C\CC(O)/C=C\C=C\CCCC(=O)OC[C@H](O)COC(=O)CCCCCCCCCCCCC(C)CC. The van der Waals surface area contributed by atoms with Gasteiger partial charge in [0.15, 0.2) is 0 Å². The summed E-state index contributed by atoms with van der Waals surface area (Å²) in [6, 6.07) is 0. The number of carbonyl (C=O) groups is 2. The lowest BCUT2D eigenvalue weighted by molar-refractivity contribution is -0.152. The van der Waals surface area contributed by atoms with Crippen molar-refractivity contribution in [2.45, 2.75) is 174 Å². The molecule has 6 nitrogen and oxygen atoms in total. The Morgan fingerprint density at radius 3 is 1.83 bits per heavy atom. The van der Waals surface area contributed by atoms with E-state index in [1.165, 1.54) is 77.0 Å². The molecule has 0 aliphatic heterocycles. The summed E-state index contributed by atoms with van der Waals surface area (Å²) >= 11 is 0. The molecule has 46 heavy (non-hydrogen) atoms. The van der Waals surface area contributed by atoms with Crippen molar-refractivity contribution in [3.8, 4) is 0 Å². The summed E-state index contributed by atoms with van der Waals surface area (Å²) in [6.45, 7) is 6.49. The molecule has 0 saturated heterocycles. The third-order valence-electron chi connectivity index (χ3n) is 8.19. The summed E-state index contributed by atoms with van der Waals surface area (Å²) in [5, 5.41) is 20.0. The van der Waals surface area contributed by atoms with Crippen molar-refractivity contribution in [2.75, 3.05) is 13.2 Å². The number of allylic oxidation sites excluding steroid dienone is 6. The number of esters is 2. The number of unbranched alkanes of at least 4 members (excludes halogenated alkanes) is 13. The molecule has 0 aliphatic carbocycles. The lowest BCUT2D eigenvalue weighted by Gasteiger charge is -2.12. The van der Waals surface area contributed by atoms with E-state index in [9.17, 15) is 19.8 Å². The third-order valence-corrected chi connectivity index (χ3v) is 8.19. The fourth-order valence-electron chi connectivity index (χ4n) is 4.90. The van der Waals surface area contributed by atoms with Crippen molar-refractivity contribution in [2.24, 2.45) is 5.92 Å². The van der Waals surface area contributed by atoms with Gasteiger partial charge in [-0.3, -0.25) is 9.59 Å². The van der Waals surface area contributed by atoms with Gasteiger partial charge >= 0.3 is 11.9 Å². The average molecular weight is 647 g/mol. The van der Waals surface area contributed by atoms with E-state index < -0.39 is 12.2 Å². The molecule has 0 spiro atoms. The Morgan fingerprint density at radius 1 is 0.630 bits per heavy atom. The summed E-state index contributed by atoms with van der Waals surface area (Å²) in [5.74, 6) is 0.177. The Kier molecular flexibility index (Phi) is 32.5. The second-order valence-corrected chi connectivity index (χ2v) is 12.8. The summed E-state index contributed by atoms with van der Waals surface area (Å²) < 4.78 is 10.2. The fourth-order valence-corrected chi connectivity index (χ4v) is 4.90. The van der Waals surface area contributed by atoms with Crippen LogP contribution in [0, 0.1) is 5.92 Å². The molecular formula is C40H70O6. The van der Waals surface area contributed by atoms with Crippen LogP contribution in [0.25, 0.3) is 0 Å². The summed E-state index contributed by atoms with van der Waals surface area (Å²) in [7, 11) is 0. The number of aliphatic hydroxyl groups is 2. The van der Waals surface area contributed by atoms with Gasteiger partial charge in [-0.15, -0.1) is 0 Å². The molecule has 0 amide bonds. The van der Waals surface area contributed by atoms with Crippen molar-refractivity contribution in [1.29, 1.82) is 0 Å². The van der Waals surface area contributed by atoms with E-state index in [0.29, 0.717) is 25.7 Å². The van der Waals surface area contributed by atoms with Crippen molar-refractivity contribution in [1.82, 2.24) is 0 Å². The van der Waals surface area contributed by atoms with Crippen LogP contribution in [0.5, 0.6) is 0 Å². The van der Waals surface area contributed by atoms with E-state index in [-0.39, 0.29) is 31.6 Å². The van der Waals surface area contributed by atoms with Crippen LogP contribution in [0.2, 0.25) is 0 Å². The maximum atomic E-state index is 11.9. The van der Waals surface area contributed by atoms with Gasteiger partial charge in [0.1, 0.15) is 19.3 Å². The van der Waals surface area contributed by atoms with Crippen LogP contribution in [-0.2, 0) is 19.1 Å². The monoisotopic (exact) mass is 647 g/mol. The molecule has 0 bridgehead atoms. The summed E-state index contributed by atoms with van der Waals surface area (Å²) in [5.41, 5.74) is 0. The molecule has 0 heterocycles. The first-order chi connectivity index (χ1) is 22.4. The molecule has 0 aliphatic rings. The standard InChI is InChI=1S/C40H70O6/c1-4-6-7-8-9-12-16-20-25-30-37(41)31-26-21-18-23-28-33-40(44)46-35-38(42)34-45-39(43)32-27-22-17-14-11-10-13-15-19-24-29-36(3)5-2/h9,12,18,20-21,25-26,31,36-38,41-42H,4-8,10-11,13-17,19,22-24,27-30,32-35H2,1-3H3/b12-9-,21-18+,25-20-,31-26-/t36?,37?,38-/m1/s1. The minimum Gasteiger partial charge on any atom is -0.463 e. The maximum Gasteiger partial charge on any atom is 0.305 e. The molecule has 6 heteroatoms. The molecule has 0 fully saturated rings. The molecule has 0 aromatic heterocycles. The molecule has 2 unspecified atom stereocenters. The van der Waals surface area contributed by atoms with Gasteiger partial charge in [-0.05, 0) is 50.9 Å². The van der Waals surface area contributed by atoms with Crippen LogP contribution in [0.15, 0.2) is 48.6 Å². The lowest BCUT2D eigenvalue weighted by atomic mass is 9.99. The van der Waals surface area contributed by atoms with E-state index >= 15 is 0 Å². The average Bonchev–Trinajstić information content (AvgIpc) is 3.05. The normalized spacial score (nSPS) is 14.1. The minimum absolute atomic E-state index is 0.156. The Balaban J connectivity index is 3.65. The summed E-state index contributed by atoms with van der Waals surface area (Å²) in [6.07, 6.45) is 37.6. The Hall–Kier alpha value is -2.18. The number of hydrogen-bond donors (Lipinski definition) is 2. The number of aliphatic hydroxyl groups excluding tert-OH is 2.